The minimum absolute atomic E-state index is 0.00491. The second-order valence-electron chi connectivity index (χ2n) is 6.90. The summed E-state index contributed by atoms with van der Waals surface area (Å²) in [6, 6.07) is 14.4. The highest BCUT2D eigenvalue weighted by Gasteiger charge is 2.25. The van der Waals surface area contributed by atoms with E-state index in [4.69, 9.17) is 4.74 Å². The topological polar surface area (TPSA) is 74.4 Å². The molecule has 3 rings (SSSR count). The van der Waals surface area contributed by atoms with Gasteiger partial charge in [0.25, 0.3) is 0 Å². The van der Waals surface area contributed by atoms with Crippen LogP contribution in [0.5, 0.6) is 5.75 Å². The van der Waals surface area contributed by atoms with Crippen LogP contribution in [0, 0.1) is 6.92 Å². The Morgan fingerprint density at radius 3 is 2.50 bits per heavy atom. The first-order chi connectivity index (χ1) is 13.4. The standard InChI is InChI=1S/C22H25N3O3/c1-14-21(18-7-5-6-8-19(18)23-14)22(27)15(2)25(3)13-20(26)24-16-9-11-17(28-4)12-10-16/h5-12,15,23H,13H2,1-4H3,(H,24,26)/t15-/m1/s1. The van der Waals surface area contributed by atoms with Gasteiger partial charge in [-0.25, -0.2) is 0 Å². The van der Waals surface area contributed by atoms with Crippen molar-refractivity contribution >= 4 is 28.3 Å². The number of amides is 1. The van der Waals surface area contributed by atoms with Crippen LogP contribution in [0.3, 0.4) is 0 Å². The average molecular weight is 379 g/mol. The Bertz CT molecular complexity index is 992. The van der Waals surface area contributed by atoms with Gasteiger partial charge in [-0.05, 0) is 51.2 Å². The Labute approximate surface area is 164 Å². The molecular weight excluding hydrogens is 354 g/mol. The van der Waals surface area contributed by atoms with Crippen LogP contribution in [-0.4, -0.2) is 48.3 Å². The van der Waals surface area contributed by atoms with Crippen molar-refractivity contribution in [3.63, 3.8) is 0 Å². The highest BCUT2D eigenvalue weighted by atomic mass is 16.5. The number of nitrogens with zero attached hydrogens (tertiary/aromatic N) is 1. The van der Waals surface area contributed by atoms with Gasteiger partial charge in [0, 0.05) is 27.8 Å². The van der Waals surface area contributed by atoms with Crippen molar-refractivity contribution in [1.82, 2.24) is 9.88 Å². The van der Waals surface area contributed by atoms with Crippen molar-refractivity contribution in [2.24, 2.45) is 0 Å². The molecule has 0 radical (unpaired) electrons. The molecule has 2 N–H and O–H groups in total. The quantitative estimate of drug-likeness (QED) is 0.615. The van der Waals surface area contributed by atoms with Crippen molar-refractivity contribution < 1.29 is 14.3 Å². The van der Waals surface area contributed by atoms with E-state index in [9.17, 15) is 9.59 Å². The maximum atomic E-state index is 13.1. The SMILES string of the molecule is COc1ccc(NC(=O)CN(C)[C@H](C)C(=O)c2c(C)[nH]c3ccccc23)cc1. The third-order valence-corrected chi connectivity index (χ3v) is 4.95. The van der Waals surface area contributed by atoms with E-state index in [1.165, 1.54) is 0 Å². The Morgan fingerprint density at radius 1 is 1.14 bits per heavy atom. The van der Waals surface area contributed by atoms with Crippen molar-refractivity contribution in [2.45, 2.75) is 19.9 Å². The summed E-state index contributed by atoms with van der Waals surface area (Å²) in [7, 11) is 3.37. The van der Waals surface area contributed by atoms with E-state index in [2.05, 4.69) is 10.3 Å². The van der Waals surface area contributed by atoms with E-state index in [1.54, 1.807) is 43.3 Å². The number of aromatic amines is 1. The van der Waals surface area contributed by atoms with Gasteiger partial charge in [-0.3, -0.25) is 14.5 Å². The van der Waals surface area contributed by atoms with E-state index < -0.39 is 6.04 Å². The molecule has 2 aromatic carbocycles. The molecule has 1 amide bonds. The van der Waals surface area contributed by atoms with Gasteiger partial charge in [0.05, 0.1) is 19.7 Å². The van der Waals surface area contributed by atoms with Crippen LogP contribution in [0.25, 0.3) is 10.9 Å². The van der Waals surface area contributed by atoms with Gasteiger partial charge in [-0.15, -0.1) is 0 Å². The first-order valence-corrected chi connectivity index (χ1v) is 9.16. The molecule has 0 saturated heterocycles. The van der Waals surface area contributed by atoms with Gasteiger partial charge in [0.2, 0.25) is 5.91 Å². The van der Waals surface area contributed by atoms with Crippen LogP contribution in [0.2, 0.25) is 0 Å². The van der Waals surface area contributed by atoms with E-state index in [0.717, 1.165) is 22.3 Å². The fourth-order valence-electron chi connectivity index (χ4n) is 3.24. The fourth-order valence-corrected chi connectivity index (χ4v) is 3.24. The molecule has 0 unspecified atom stereocenters. The third-order valence-electron chi connectivity index (χ3n) is 4.95. The molecule has 0 aliphatic rings. The van der Waals surface area contributed by atoms with Gasteiger partial charge in [-0.1, -0.05) is 18.2 Å². The predicted molar refractivity (Wildman–Crippen MR) is 111 cm³/mol. The van der Waals surface area contributed by atoms with Crippen LogP contribution < -0.4 is 10.1 Å². The second kappa shape index (κ2) is 8.27. The summed E-state index contributed by atoms with van der Waals surface area (Å²) < 4.78 is 5.11. The van der Waals surface area contributed by atoms with Crippen molar-refractivity contribution in [3.8, 4) is 5.75 Å². The van der Waals surface area contributed by atoms with Crippen molar-refractivity contribution in [3.05, 3.63) is 59.8 Å². The molecule has 0 aliphatic heterocycles. The fraction of sp³-hybridized carbons (Fsp3) is 0.273. The number of H-pyrrole nitrogens is 1. The van der Waals surface area contributed by atoms with E-state index in [1.807, 2.05) is 38.1 Å². The molecule has 0 saturated carbocycles. The number of carbonyl (C=O) groups excluding carboxylic acids is 2. The monoisotopic (exact) mass is 379 g/mol. The normalized spacial score (nSPS) is 12.2. The summed E-state index contributed by atoms with van der Waals surface area (Å²) in [5.41, 5.74) is 3.15. The number of aromatic nitrogens is 1. The number of rotatable bonds is 7. The predicted octanol–water partition coefficient (Wildman–Crippen LogP) is 3.63. The van der Waals surface area contributed by atoms with E-state index >= 15 is 0 Å². The van der Waals surface area contributed by atoms with Gasteiger partial charge in [0.15, 0.2) is 5.78 Å². The van der Waals surface area contributed by atoms with Crippen LogP contribution >= 0.6 is 0 Å². The molecular formula is C22H25N3O3. The molecule has 1 heterocycles. The molecule has 146 valence electrons. The zero-order valence-electron chi connectivity index (χ0n) is 16.6. The number of para-hydroxylation sites is 1. The Hall–Kier alpha value is -3.12. The Morgan fingerprint density at radius 2 is 1.82 bits per heavy atom. The number of nitrogens with one attached hydrogen (secondary N) is 2. The summed E-state index contributed by atoms with van der Waals surface area (Å²) in [6.45, 7) is 3.83. The molecule has 1 atom stereocenters. The molecule has 0 aliphatic carbocycles. The summed E-state index contributed by atoms with van der Waals surface area (Å²) in [4.78, 5) is 30.5. The number of hydrogen-bond acceptors (Lipinski definition) is 4. The van der Waals surface area contributed by atoms with Gasteiger partial charge in [0.1, 0.15) is 5.75 Å². The molecule has 0 fully saturated rings. The summed E-state index contributed by atoms with van der Waals surface area (Å²) >= 11 is 0. The van der Waals surface area contributed by atoms with Crippen LogP contribution in [0.1, 0.15) is 23.0 Å². The highest BCUT2D eigenvalue weighted by molar-refractivity contribution is 6.11. The molecule has 0 bridgehead atoms. The molecule has 6 nitrogen and oxygen atoms in total. The van der Waals surface area contributed by atoms with Crippen molar-refractivity contribution in [1.29, 1.82) is 0 Å². The number of likely N-dealkylation sites (N-methyl/N-ethyl adjacent to an activating group) is 1. The minimum Gasteiger partial charge on any atom is -0.497 e. The molecule has 6 heteroatoms. The number of hydrogen-bond donors (Lipinski definition) is 2. The first-order valence-electron chi connectivity index (χ1n) is 9.16. The summed E-state index contributed by atoms with van der Waals surface area (Å²) in [5.74, 6) is 0.543. The van der Waals surface area contributed by atoms with Gasteiger partial charge < -0.3 is 15.0 Å². The number of aryl methyl sites for hydroxylation is 1. The lowest BCUT2D eigenvalue weighted by Crippen LogP contribution is -2.41. The maximum absolute atomic E-state index is 13.1. The number of ketones is 1. The number of ether oxygens (including phenoxy) is 1. The molecule has 3 aromatic rings. The van der Waals surface area contributed by atoms with Crippen molar-refractivity contribution in [2.75, 3.05) is 26.0 Å². The van der Waals surface area contributed by atoms with Gasteiger partial charge in [-0.2, -0.15) is 0 Å². The molecule has 0 spiro atoms. The lowest BCUT2D eigenvalue weighted by Gasteiger charge is -2.23. The molecule has 1 aromatic heterocycles. The Balaban J connectivity index is 1.67. The zero-order valence-corrected chi connectivity index (χ0v) is 16.6. The van der Waals surface area contributed by atoms with Gasteiger partial charge >= 0.3 is 0 Å². The average Bonchev–Trinajstić information content (AvgIpc) is 3.02. The number of fused-ring (bicyclic) bond motifs is 1. The highest BCUT2D eigenvalue weighted by Crippen LogP contribution is 2.24. The van der Waals surface area contributed by atoms with Crippen LogP contribution in [0.15, 0.2) is 48.5 Å². The minimum atomic E-state index is -0.431. The van der Waals surface area contributed by atoms with E-state index in [0.29, 0.717) is 11.3 Å². The number of benzene rings is 2. The maximum Gasteiger partial charge on any atom is 0.238 e. The number of Topliss-reactive ketones (excluding diaryl/α,β-unsaturated/α-hetero) is 1. The van der Waals surface area contributed by atoms with Crippen LogP contribution in [-0.2, 0) is 4.79 Å². The number of anilines is 1. The second-order valence-corrected chi connectivity index (χ2v) is 6.90. The molecule has 28 heavy (non-hydrogen) atoms. The lowest BCUT2D eigenvalue weighted by atomic mass is 10.0. The lowest BCUT2D eigenvalue weighted by molar-refractivity contribution is -0.117. The van der Waals surface area contributed by atoms with E-state index in [-0.39, 0.29) is 18.2 Å². The third kappa shape index (κ3) is 4.07. The summed E-state index contributed by atoms with van der Waals surface area (Å²) in [5, 5.41) is 3.75. The Kier molecular flexibility index (Phi) is 5.80. The largest absolute Gasteiger partial charge is 0.497 e. The van der Waals surface area contributed by atoms with Crippen LogP contribution in [0.4, 0.5) is 5.69 Å². The first kappa shape index (κ1) is 19.6. The summed E-state index contributed by atoms with van der Waals surface area (Å²) in [6.07, 6.45) is 0. The number of methoxy groups -OCH3 is 1. The number of carbonyl (C=O) groups is 2. The smallest absolute Gasteiger partial charge is 0.238 e. The zero-order chi connectivity index (χ0) is 20.3.